The van der Waals surface area contributed by atoms with E-state index in [0.29, 0.717) is 19.3 Å². The van der Waals surface area contributed by atoms with Gasteiger partial charge in [-0.2, -0.15) is 0 Å². The maximum atomic E-state index is 13.0. The molecule has 0 bridgehead atoms. The minimum atomic E-state index is -0.778. The first-order valence-corrected chi connectivity index (χ1v) is 34.6. The average Bonchev–Trinajstić information content (AvgIpc) is 3.44. The topological polar surface area (TPSA) is 78.9 Å². The van der Waals surface area contributed by atoms with Crippen molar-refractivity contribution in [3.8, 4) is 0 Å². The molecule has 0 radical (unpaired) electrons. The lowest BCUT2D eigenvalue weighted by atomic mass is 10.0. The second-order valence-electron chi connectivity index (χ2n) is 23.4. The molecule has 0 saturated heterocycles. The van der Waals surface area contributed by atoms with Crippen LogP contribution in [-0.2, 0) is 28.6 Å². The van der Waals surface area contributed by atoms with Crippen LogP contribution in [0, 0.1) is 0 Å². The Kier molecular flexibility index (Phi) is 64.6. The van der Waals surface area contributed by atoms with Crippen LogP contribution in [0.5, 0.6) is 0 Å². The molecule has 0 aliphatic carbocycles. The van der Waals surface area contributed by atoms with Gasteiger partial charge in [-0.3, -0.25) is 14.4 Å². The Bertz CT molecular complexity index is 1350. The fourth-order valence-electron chi connectivity index (χ4n) is 10.4. The summed E-state index contributed by atoms with van der Waals surface area (Å²) in [6.07, 6.45) is 84.2. The van der Waals surface area contributed by atoms with E-state index in [0.717, 1.165) is 83.5 Å². The smallest absolute Gasteiger partial charge is 0.306 e. The lowest BCUT2D eigenvalue weighted by Gasteiger charge is -2.18. The highest BCUT2D eigenvalue weighted by atomic mass is 16.6. The third-order valence-electron chi connectivity index (χ3n) is 15.6. The molecule has 6 nitrogen and oxygen atoms in total. The molecule has 1 unspecified atom stereocenters. The summed E-state index contributed by atoms with van der Waals surface area (Å²) in [5.74, 6) is -0.859. The van der Waals surface area contributed by atoms with Gasteiger partial charge in [0.1, 0.15) is 13.2 Å². The lowest BCUT2D eigenvalue weighted by molar-refractivity contribution is -0.167. The normalized spacial score (nSPS) is 12.3. The molecule has 78 heavy (non-hydrogen) atoms. The van der Waals surface area contributed by atoms with Crippen LogP contribution in [0.4, 0.5) is 0 Å². The number of hydrogen-bond acceptors (Lipinski definition) is 6. The summed E-state index contributed by atoms with van der Waals surface area (Å²) in [5.41, 5.74) is 0. The number of carbonyl (C=O) groups excluding carboxylic acids is 3. The first-order valence-electron chi connectivity index (χ1n) is 34.6. The molecular weight excluding hydrogens is 961 g/mol. The van der Waals surface area contributed by atoms with Gasteiger partial charge < -0.3 is 14.2 Å². The van der Waals surface area contributed by atoms with Crippen molar-refractivity contribution in [2.45, 2.75) is 380 Å². The predicted molar refractivity (Wildman–Crippen MR) is 339 cm³/mol. The molecule has 0 saturated carbocycles. The van der Waals surface area contributed by atoms with Crippen LogP contribution in [0.25, 0.3) is 0 Å². The second-order valence-corrected chi connectivity index (χ2v) is 23.4. The third-order valence-corrected chi connectivity index (χ3v) is 15.6. The highest BCUT2D eigenvalue weighted by Crippen LogP contribution is 2.18. The van der Waals surface area contributed by atoms with E-state index in [9.17, 15) is 14.4 Å². The number of allylic oxidation sites excluding steroid dienone is 8. The molecular formula is C72H132O6. The molecule has 0 heterocycles. The SMILES string of the molecule is CC/C=C\C/C=C\C/C=C\CCCCCCCCCC(=O)OCC(COC(=O)CCCCCCCCCCCCCCCCCCCCCCCC)OC(=O)CCCCCCCCCCC/C=C\CCCCCCCCCC. The monoisotopic (exact) mass is 1090 g/mol. The Morgan fingerprint density at radius 3 is 0.795 bits per heavy atom. The second kappa shape index (κ2) is 66.9. The number of esters is 3. The quantitative estimate of drug-likeness (QED) is 0.0261. The van der Waals surface area contributed by atoms with Gasteiger partial charge in [-0.1, -0.05) is 326 Å². The zero-order valence-electron chi connectivity index (χ0n) is 52.5. The lowest BCUT2D eigenvalue weighted by Crippen LogP contribution is -2.30. The van der Waals surface area contributed by atoms with Crippen LogP contribution in [-0.4, -0.2) is 37.2 Å². The summed E-state index contributed by atoms with van der Waals surface area (Å²) in [5, 5.41) is 0. The largest absolute Gasteiger partial charge is 0.462 e. The molecule has 456 valence electrons. The first-order chi connectivity index (χ1) is 38.5. The van der Waals surface area contributed by atoms with Gasteiger partial charge in [0.25, 0.3) is 0 Å². The number of hydrogen-bond donors (Lipinski definition) is 0. The standard InChI is InChI=1S/C72H132O6/c1-4-7-10-13-16-19-22-25-28-31-33-35-37-38-41-44-47-50-53-56-59-62-65-71(74)77-68-69(67-76-70(73)64-61-58-55-52-49-46-43-40-30-27-24-21-18-15-12-9-6-3)78-72(75)66-63-60-57-54-51-48-45-42-39-36-34-32-29-26-23-20-17-14-11-8-5-2/h9,12,18,21,27,30,32,34,69H,4-8,10-11,13-17,19-20,22-26,28-29,31,33,35-68H2,1-3H3/b12-9-,21-18-,30-27-,34-32-. The highest BCUT2D eigenvalue weighted by Gasteiger charge is 2.19. The van der Waals surface area contributed by atoms with E-state index in [1.54, 1.807) is 0 Å². The molecule has 0 aliphatic rings. The minimum absolute atomic E-state index is 0.0729. The maximum Gasteiger partial charge on any atom is 0.306 e. The van der Waals surface area contributed by atoms with E-state index in [1.165, 1.54) is 250 Å². The van der Waals surface area contributed by atoms with Crippen LogP contribution < -0.4 is 0 Å². The van der Waals surface area contributed by atoms with Gasteiger partial charge >= 0.3 is 17.9 Å². The van der Waals surface area contributed by atoms with E-state index in [1.807, 2.05) is 0 Å². The van der Waals surface area contributed by atoms with E-state index < -0.39 is 6.10 Å². The van der Waals surface area contributed by atoms with Crippen molar-refractivity contribution in [2.75, 3.05) is 13.2 Å². The van der Waals surface area contributed by atoms with Crippen molar-refractivity contribution >= 4 is 17.9 Å². The van der Waals surface area contributed by atoms with Gasteiger partial charge in [0.2, 0.25) is 0 Å². The summed E-state index contributed by atoms with van der Waals surface area (Å²) < 4.78 is 17.0. The molecule has 0 aromatic heterocycles. The Balaban J connectivity index is 4.32. The third kappa shape index (κ3) is 64.2. The van der Waals surface area contributed by atoms with Gasteiger partial charge in [-0.15, -0.1) is 0 Å². The average molecular weight is 1090 g/mol. The fraction of sp³-hybridized carbons (Fsp3) is 0.847. The highest BCUT2D eigenvalue weighted by molar-refractivity contribution is 5.71. The van der Waals surface area contributed by atoms with Crippen molar-refractivity contribution in [1.29, 1.82) is 0 Å². The van der Waals surface area contributed by atoms with E-state index in [-0.39, 0.29) is 31.1 Å². The van der Waals surface area contributed by atoms with Crippen LogP contribution in [0.2, 0.25) is 0 Å². The molecule has 0 aromatic rings. The Labute approximate surface area is 486 Å². The number of ether oxygens (including phenoxy) is 3. The predicted octanol–water partition coefficient (Wildman–Crippen LogP) is 23.7. The van der Waals surface area contributed by atoms with Crippen molar-refractivity contribution in [2.24, 2.45) is 0 Å². The van der Waals surface area contributed by atoms with Gasteiger partial charge in [0, 0.05) is 19.3 Å². The molecule has 1 atom stereocenters. The Hall–Kier alpha value is -2.63. The zero-order chi connectivity index (χ0) is 56.4. The van der Waals surface area contributed by atoms with Crippen LogP contribution in [0.15, 0.2) is 48.6 Å². The summed E-state index contributed by atoms with van der Waals surface area (Å²) >= 11 is 0. The first kappa shape index (κ1) is 75.4. The maximum absolute atomic E-state index is 13.0. The van der Waals surface area contributed by atoms with Crippen molar-refractivity contribution < 1.29 is 28.6 Å². The summed E-state index contributed by atoms with van der Waals surface area (Å²) in [4.78, 5) is 38.4. The summed E-state index contributed by atoms with van der Waals surface area (Å²) in [7, 11) is 0. The van der Waals surface area contributed by atoms with E-state index in [2.05, 4.69) is 69.4 Å². The minimum Gasteiger partial charge on any atom is -0.462 e. The molecule has 6 heteroatoms. The molecule has 0 fully saturated rings. The van der Waals surface area contributed by atoms with Crippen LogP contribution in [0.1, 0.15) is 374 Å². The van der Waals surface area contributed by atoms with Crippen molar-refractivity contribution in [3.05, 3.63) is 48.6 Å². The number of carbonyl (C=O) groups is 3. The molecule has 0 spiro atoms. The molecule has 0 amide bonds. The summed E-state index contributed by atoms with van der Waals surface area (Å²) in [6, 6.07) is 0. The molecule has 0 aromatic carbocycles. The summed E-state index contributed by atoms with van der Waals surface area (Å²) in [6.45, 7) is 6.59. The van der Waals surface area contributed by atoms with Crippen LogP contribution >= 0.6 is 0 Å². The zero-order valence-corrected chi connectivity index (χ0v) is 52.5. The van der Waals surface area contributed by atoms with Gasteiger partial charge in [-0.25, -0.2) is 0 Å². The molecule has 0 rings (SSSR count). The van der Waals surface area contributed by atoms with E-state index in [4.69, 9.17) is 14.2 Å². The van der Waals surface area contributed by atoms with Gasteiger partial charge in [0.15, 0.2) is 6.10 Å². The molecule has 0 N–H and O–H groups in total. The number of rotatable bonds is 64. The van der Waals surface area contributed by atoms with Crippen molar-refractivity contribution in [3.63, 3.8) is 0 Å². The van der Waals surface area contributed by atoms with E-state index >= 15 is 0 Å². The van der Waals surface area contributed by atoms with Crippen molar-refractivity contribution in [1.82, 2.24) is 0 Å². The fourth-order valence-corrected chi connectivity index (χ4v) is 10.4. The van der Waals surface area contributed by atoms with Gasteiger partial charge in [0.05, 0.1) is 0 Å². The van der Waals surface area contributed by atoms with Gasteiger partial charge in [-0.05, 0) is 77.0 Å². The Morgan fingerprint density at radius 1 is 0.269 bits per heavy atom. The van der Waals surface area contributed by atoms with Crippen LogP contribution in [0.3, 0.4) is 0 Å². The molecule has 0 aliphatic heterocycles. The number of unbranched alkanes of at least 4 members (excludes halogenated alkanes) is 45. The Morgan fingerprint density at radius 2 is 0.500 bits per heavy atom.